The molecule has 0 radical (unpaired) electrons. The molecule has 0 unspecified atom stereocenters. The molecule has 0 saturated heterocycles. The lowest BCUT2D eigenvalue weighted by Gasteiger charge is -2.14. The van der Waals surface area contributed by atoms with E-state index in [9.17, 15) is 0 Å². The molecule has 2 aliphatic rings. The van der Waals surface area contributed by atoms with Gasteiger partial charge in [0.15, 0.2) is 0 Å². The van der Waals surface area contributed by atoms with Crippen LogP contribution in [0.5, 0.6) is 0 Å². The van der Waals surface area contributed by atoms with Gasteiger partial charge in [-0.05, 0) is 47.3 Å². The average Bonchev–Trinajstić information content (AvgIpc) is 2.88. The van der Waals surface area contributed by atoms with Crippen LogP contribution in [-0.4, -0.2) is 9.97 Å². The van der Waals surface area contributed by atoms with E-state index in [1.165, 1.54) is 30.7 Å². The number of para-hydroxylation sites is 1. The smallest absolute Gasteiger partial charge is 0.103 e. The van der Waals surface area contributed by atoms with Gasteiger partial charge in [0.05, 0.1) is 16.9 Å². The quantitative estimate of drug-likeness (QED) is 0.731. The van der Waals surface area contributed by atoms with Crippen LogP contribution in [0.15, 0.2) is 22.7 Å². The van der Waals surface area contributed by atoms with Crippen molar-refractivity contribution in [2.75, 3.05) is 0 Å². The second-order valence-corrected chi connectivity index (χ2v) is 5.66. The molecule has 2 aliphatic carbocycles. The summed E-state index contributed by atoms with van der Waals surface area (Å²) in [5, 5.41) is 0. The Morgan fingerprint density at radius 2 is 1.81 bits per heavy atom. The average molecular weight is 275 g/mol. The number of nitrogens with zero attached hydrogens (tertiary/aromatic N) is 2. The molecule has 2 nitrogen and oxygen atoms in total. The highest BCUT2D eigenvalue weighted by molar-refractivity contribution is 9.10. The van der Waals surface area contributed by atoms with E-state index in [0.29, 0.717) is 11.8 Å². The summed E-state index contributed by atoms with van der Waals surface area (Å²) in [6.45, 7) is 0. The lowest BCUT2D eigenvalue weighted by Crippen LogP contribution is -2.04. The number of halogens is 1. The lowest BCUT2D eigenvalue weighted by atomic mass is 10.0. The first kappa shape index (κ1) is 9.11. The van der Waals surface area contributed by atoms with Crippen LogP contribution in [0.1, 0.15) is 42.5 Å². The summed E-state index contributed by atoms with van der Waals surface area (Å²) in [6, 6.07) is 6.12. The van der Waals surface area contributed by atoms with Gasteiger partial charge in [0.25, 0.3) is 0 Å². The molecule has 1 saturated carbocycles. The maximum atomic E-state index is 4.83. The minimum absolute atomic E-state index is 0.684. The normalized spacial score (nSPS) is 26.3. The summed E-state index contributed by atoms with van der Waals surface area (Å²) >= 11 is 3.56. The molecular formula is C13H11BrN2. The van der Waals surface area contributed by atoms with Crippen LogP contribution in [0.2, 0.25) is 0 Å². The summed E-state index contributed by atoms with van der Waals surface area (Å²) in [5.41, 5.74) is 4.60. The molecule has 1 aromatic carbocycles. The van der Waals surface area contributed by atoms with Crippen molar-refractivity contribution >= 4 is 27.0 Å². The van der Waals surface area contributed by atoms with E-state index < -0.39 is 0 Å². The van der Waals surface area contributed by atoms with E-state index in [4.69, 9.17) is 9.97 Å². The van der Waals surface area contributed by atoms with Crippen molar-refractivity contribution in [3.63, 3.8) is 0 Å². The van der Waals surface area contributed by atoms with Crippen molar-refractivity contribution in [2.24, 2.45) is 0 Å². The highest BCUT2D eigenvalue weighted by Gasteiger charge is 2.39. The van der Waals surface area contributed by atoms with E-state index in [1.807, 2.05) is 12.1 Å². The van der Waals surface area contributed by atoms with Gasteiger partial charge in [-0.2, -0.15) is 0 Å². The van der Waals surface area contributed by atoms with Crippen molar-refractivity contribution in [1.82, 2.24) is 9.97 Å². The first-order valence-corrected chi connectivity index (χ1v) is 6.58. The molecular weight excluding hydrogens is 264 g/mol. The molecule has 1 fully saturated rings. The minimum Gasteiger partial charge on any atom is -0.249 e. The zero-order valence-corrected chi connectivity index (χ0v) is 10.4. The Labute approximate surface area is 102 Å². The zero-order chi connectivity index (χ0) is 10.7. The van der Waals surface area contributed by atoms with Crippen molar-refractivity contribution in [1.29, 1.82) is 0 Å². The van der Waals surface area contributed by atoms with E-state index in [2.05, 4.69) is 22.0 Å². The number of fused-ring (bicyclic) bond motifs is 6. The molecule has 4 rings (SSSR count). The number of hydrogen-bond donors (Lipinski definition) is 0. The third-order valence-electron chi connectivity index (χ3n) is 3.91. The van der Waals surface area contributed by atoms with Gasteiger partial charge in [-0.25, -0.2) is 9.97 Å². The van der Waals surface area contributed by atoms with Gasteiger partial charge < -0.3 is 0 Å². The molecule has 2 aromatic rings. The highest BCUT2D eigenvalue weighted by atomic mass is 79.9. The fourth-order valence-corrected chi connectivity index (χ4v) is 3.59. The maximum Gasteiger partial charge on any atom is 0.103 e. The van der Waals surface area contributed by atoms with Crippen LogP contribution >= 0.6 is 15.9 Å². The van der Waals surface area contributed by atoms with Crippen molar-refractivity contribution < 1.29 is 0 Å². The summed E-state index contributed by atoms with van der Waals surface area (Å²) in [7, 11) is 0. The Balaban J connectivity index is 2.08. The van der Waals surface area contributed by atoms with E-state index in [-0.39, 0.29) is 0 Å². The Morgan fingerprint density at radius 1 is 1.06 bits per heavy atom. The van der Waals surface area contributed by atoms with Gasteiger partial charge in [0, 0.05) is 16.3 Å². The number of hydrogen-bond acceptors (Lipinski definition) is 2. The SMILES string of the molecule is Brc1cccc2nc3c(nc12)[C@@H]1CC[C@H]3C1. The predicted molar refractivity (Wildman–Crippen MR) is 66.6 cm³/mol. The first-order chi connectivity index (χ1) is 7.83. The van der Waals surface area contributed by atoms with Crippen LogP contribution in [0.25, 0.3) is 11.0 Å². The molecule has 0 amide bonds. The Kier molecular flexibility index (Phi) is 1.73. The molecule has 3 heteroatoms. The highest BCUT2D eigenvalue weighted by Crippen LogP contribution is 2.51. The summed E-state index contributed by atoms with van der Waals surface area (Å²) < 4.78 is 1.06. The van der Waals surface area contributed by atoms with Gasteiger partial charge in [0.2, 0.25) is 0 Å². The fourth-order valence-electron chi connectivity index (χ4n) is 3.15. The molecule has 16 heavy (non-hydrogen) atoms. The molecule has 2 atom stereocenters. The second-order valence-electron chi connectivity index (χ2n) is 4.81. The third-order valence-corrected chi connectivity index (χ3v) is 4.55. The van der Waals surface area contributed by atoms with Gasteiger partial charge in [0.1, 0.15) is 5.52 Å². The lowest BCUT2D eigenvalue weighted by molar-refractivity contribution is 0.685. The molecule has 1 aromatic heterocycles. The van der Waals surface area contributed by atoms with Crippen LogP contribution in [-0.2, 0) is 0 Å². The summed E-state index contributed by atoms with van der Waals surface area (Å²) in [6.07, 6.45) is 3.90. The Hall–Kier alpha value is -0.960. The first-order valence-electron chi connectivity index (χ1n) is 5.79. The number of benzene rings is 1. The Morgan fingerprint density at radius 3 is 2.62 bits per heavy atom. The summed E-state index contributed by atoms with van der Waals surface area (Å²) in [4.78, 5) is 9.64. The van der Waals surface area contributed by atoms with Crippen LogP contribution in [0, 0.1) is 0 Å². The van der Waals surface area contributed by atoms with Crippen molar-refractivity contribution in [2.45, 2.75) is 31.1 Å². The van der Waals surface area contributed by atoms with Crippen LogP contribution in [0.3, 0.4) is 0 Å². The number of rotatable bonds is 0. The van der Waals surface area contributed by atoms with Crippen molar-refractivity contribution in [3.05, 3.63) is 34.1 Å². The van der Waals surface area contributed by atoms with Gasteiger partial charge in [-0.15, -0.1) is 0 Å². The van der Waals surface area contributed by atoms with Gasteiger partial charge in [-0.1, -0.05) is 6.07 Å². The standard InChI is InChI=1S/C13H11BrN2/c14-9-2-1-3-10-13(9)16-12-8-5-4-7(6-8)11(12)15-10/h1-3,7-8H,4-6H2/t7-,8+/m0/s1. The third kappa shape index (κ3) is 1.07. The fraction of sp³-hybridized carbons (Fsp3) is 0.385. The monoisotopic (exact) mass is 274 g/mol. The molecule has 80 valence electrons. The molecule has 0 spiro atoms. The predicted octanol–water partition coefficient (Wildman–Crippen LogP) is 3.76. The Bertz CT molecular complexity index is 594. The van der Waals surface area contributed by atoms with Gasteiger partial charge in [-0.3, -0.25) is 0 Å². The maximum absolute atomic E-state index is 4.83. The molecule has 0 aliphatic heterocycles. The molecule has 0 N–H and O–H groups in total. The van der Waals surface area contributed by atoms with Crippen LogP contribution < -0.4 is 0 Å². The second kappa shape index (κ2) is 3.04. The van der Waals surface area contributed by atoms with E-state index in [1.54, 1.807) is 0 Å². The summed E-state index contributed by atoms with van der Waals surface area (Å²) in [5.74, 6) is 1.37. The largest absolute Gasteiger partial charge is 0.249 e. The van der Waals surface area contributed by atoms with Crippen molar-refractivity contribution in [3.8, 4) is 0 Å². The van der Waals surface area contributed by atoms with E-state index in [0.717, 1.165) is 15.5 Å². The molecule has 2 bridgehead atoms. The van der Waals surface area contributed by atoms with Crippen LogP contribution in [0.4, 0.5) is 0 Å². The minimum atomic E-state index is 0.684. The van der Waals surface area contributed by atoms with Gasteiger partial charge >= 0.3 is 0 Å². The number of aromatic nitrogens is 2. The topological polar surface area (TPSA) is 25.8 Å². The molecule has 1 heterocycles. The van der Waals surface area contributed by atoms with E-state index >= 15 is 0 Å². The zero-order valence-electron chi connectivity index (χ0n) is 8.78.